The van der Waals surface area contributed by atoms with E-state index < -0.39 is 22.4 Å². The van der Waals surface area contributed by atoms with Crippen LogP contribution in [0.15, 0.2) is 138 Å². The third kappa shape index (κ3) is 8.75. The normalized spacial score (nSPS) is 19.3. The molecule has 5 aromatic carbocycles. The van der Waals surface area contributed by atoms with Crippen LogP contribution < -0.4 is 4.72 Å². The number of sulfonamides is 1. The molecule has 1 heterocycles. The number of nitrogens with one attached hydrogen (secondary N) is 1. The molecule has 5 atom stereocenters. The summed E-state index contributed by atoms with van der Waals surface area (Å²) in [7, 11) is -1.62. The molecule has 5 aromatic rings. The molecular weight excluding hydrogens is 649 g/mol. The zero-order valence-electron chi connectivity index (χ0n) is 28.3. The molecule has 3 N–H and O–H groups in total. The van der Waals surface area contributed by atoms with E-state index in [4.69, 9.17) is 9.47 Å². The van der Waals surface area contributed by atoms with Crippen molar-refractivity contribution in [2.45, 2.75) is 62.0 Å². The van der Waals surface area contributed by atoms with E-state index >= 15 is 0 Å². The van der Waals surface area contributed by atoms with Gasteiger partial charge in [-0.05, 0) is 65.6 Å². The number of benzene rings is 5. The lowest BCUT2D eigenvalue weighted by molar-refractivity contribution is -0.253. The van der Waals surface area contributed by atoms with Gasteiger partial charge in [0.1, 0.15) is 0 Å². The molecule has 0 spiro atoms. The Morgan fingerprint density at radius 2 is 1.44 bits per heavy atom. The van der Waals surface area contributed by atoms with Crippen molar-refractivity contribution in [3.63, 3.8) is 0 Å². The summed E-state index contributed by atoms with van der Waals surface area (Å²) in [6.07, 6.45) is -1.04. The van der Waals surface area contributed by atoms with E-state index in [9.17, 15) is 18.6 Å². The Morgan fingerprint density at radius 1 is 0.780 bits per heavy atom. The maximum Gasteiger partial charge on any atom is 0.240 e. The fourth-order valence-electron chi connectivity index (χ4n) is 6.25. The highest BCUT2D eigenvalue weighted by Gasteiger charge is 2.34. The number of hydrogen-bond acceptors (Lipinski definition) is 7. The van der Waals surface area contributed by atoms with Crippen LogP contribution in [0.5, 0.6) is 0 Å². The summed E-state index contributed by atoms with van der Waals surface area (Å²) in [6.45, 7) is 2.76. The van der Waals surface area contributed by atoms with Crippen molar-refractivity contribution >= 4 is 10.0 Å². The number of nitrogens with zero attached hydrogens (tertiary/aromatic N) is 1. The van der Waals surface area contributed by atoms with E-state index in [-0.39, 0.29) is 36.3 Å². The minimum atomic E-state index is -3.62. The van der Waals surface area contributed by atoms with Crippen LogP contribution in [0, 0.1) is 0 Å². The van der Waals surface area contributed by atoms with Crippen molar-refractivity contribution in [3.05, 3.63) is 161 Å². The van der Waals surface area contributed by atoms with Crippen LogP contribution in [0.1, 0.15) is 59.7 Å². The van der Waals surface area contributed by atoms with Crippen LogP contribution in [-0.4, -0.2) is 49.3 Å². The molecule has 8 nitrogen and oxygen atoms in total. The summed E-state index contributed by atoms with van der Waals surface area (Å²) >= 11 is 0. The zero-order chi connectivity index (χ0) is 35.1. The first-order valence-corrected chi connectivity index (χ1v) is 18.4. The fraction of sp³-hybridized carbons (Fsp3) is 0.268. The Kier molecular flexibility index (Phi) is 11.6. The quantitative estimate of drug-likeness (QED) is 0.123. The molecule has 0 saturated carbocycles. The maximum atomic E-state index is 12.7. The van der Waals surface area contributed by atoms with E-state index in [1.54, 1.807) is 30.3 Å². The second-order valence-electron chi connectivity index (χ2n) is 12.8. The van der Waals surface area contributed by atoms with Crippen LogP contribution >= 0.6 is 0 Å². The molecule has 1 aliphatic heterocycles. The molecule has 9 heteroatoms. The number of aliphatic hydroxyl groups is 2. The largest absolute Gasteiger partial charge is 0.392 e. The van der Waals surface area contributed by atoms with Gasteiger partial charge >= 0.3 is 0 Å². The highest BCUT2D eigenvalue weighted by atomic mass is 32.2. The summed E-state index contributed by atoms with van der Waals surface area (Å²) in [5.41, 5.74) is 6.39. The van der Waals surface area contributed by atoms with Crippen molar-refractivity contribution in [1.82, 2.24) is 9.62 Å². The second kappa shape index (κ2) is 16.2. The summed E-state index contributed by atoms with van der Waals surface area (Å²) in [5.74, 6) is 0. The summed E-state index contributed by atoms with van der Waals surface area (Å²) < 4.78 is 41.3. The molecule has 1 fully saturated rings. The molecule has 0 radical (unpaired) electrons. The van der Waals surface area contributed by atoms with Crippen molar-refractivity contribution in [3.8, 4) is 11.1 Å². The van der Waals surface area contributed by atoms with E-state index in [0.29, 0.717) is 13.0 Å². The number of likely N-dealkylation sites (N-methyl/N-ethyl adjacent to an activating group) is 1. The van der Waals surface area contributed by atoms with Gasteiger partial charge in [-0.3, -0.25) is 4.90 Å². The summed E-state index contributed by atoms with van der Waals surface area (Å²) in [4.78, 5) is 2.36. The van der Waals surface area contributed by atoms with E-state index in [1.165, 1.54) is 0 Å². The highest BCUT2D eigenvalue weighted by molar-refractivity contribution is 7.89. The topological polar surface area (TPSA) is 108 Å². The van der Waals surface area contributed by atoms with Gasteiger partial charge in [0.15, 0.2) is 6.29 Å². The third-order valence-corrected chi connectivity index (χ3v) is 10.8. The van der Waals surface area contributed by atoms with Crippen molar-refractivity contribution in [2.24, 2.45) is 0 Å². The molecule has 260 valence electrons. The van der Waals surface area contributed by atoms with Gasteiger partial charge in [-0.2, -0.15) is 0 Å². The Balaban J connectivity index is 1.17. The van der Waals surface area contributed by atoms with E-state index in [0.717, 1.165) is 38.9 Å². The van der Waals surface area contributed by atoms with Gasteiger partial charge in [-0.1, -0.05) is 115 Å². The van der Waals surface area contributed by atoms with Crippen LogP contribution in [0.3, 0.4) is 0 Å². The number of aliphatic hydroxyl groups excluding tert-OH is 2. The lowest BCUT2D eigenvalue weighted by Crippen LogP contribution is -2.43. The molecular formula is C41H44N2O6S. The lowest BCUT2D eigenvalue weighted by Gasteiger charge is -2.39. The Labute approximate surface area is 295 Å². The molecule has 50 heavy (non-hydrogen) atoms. The standard InChI is InChI=1S/C41H44N2O6S/c1-29(40(45)34-11-5-3-6-12-34)43(2)27-37-25-39(33-18-16-30(28-44)17-19-33)49-41(48-37)35-22-20-32(21-23-35)36-13-9-10-31(24-36)26-42-50(46,47)38-14-7-4-8-15-38/h3-24,29,37,39-42,44-45H,25-28H2,1-2H3/t29-,37+,39-,40-,41-/m0/s1. The fourth-order valence-corrected chi connectivity index (χ4v) is 7.28. The minimum absolute atomic E-state index is 0.0227. The minimum Gasteiger partial charge on any atom is -0.392 e. The predicted octanol–water partition coefficient (Wildman–Crippen LogP) is 6.92. The van der Waals surface area contributed by atoms with Crippen molar-refractivity contribution in [1.29, 1.82) is 0 Å². The number of hydrogen-bond donors (Lipinski definition) is 3. The van der Waals surface area contributed by atoms with Crippen LogP contribution in [-0.2, 0) is 32.6 Å². The SMILES string of the molecule is C[C@@H]([C@H](O)c1ccccc1)N(C)C[C@H]1C[C@@H](c2ccc(CO)cc2)O[C@@H](c2ccc(-c3cccc(CNS(=O)(=O)c4ccccc4)c3)cc2)O1. The monoisotopic (exact) mass is 692 g/mol. The van der Waals surface area contributed by atoms with Crippen LogP contribution in [0.4, 0.5) is 0 Å². The van der Waals surface area contributed by atoms with Crippen LogP contribution in [0.2, 0.25) is 0 Å². The highest BCUT2D eigenvalue weighted by Crippen LogP contribution is 2.39. The predicted molar refractivity (Wildman–Crippen MR) is 194 cm³/mol. The van der Waals surface area contributed by atoms with Gasteiger partial charge in [0.05, 0.1) is 29.8 Å². The molecule has 0 amide bonds. The van der Waals surface area contributed by atoms with Gasteiger partial charge in [0.25, 0.3) is 0 Å². The zero-order valence-corrected chi connectivity index (χ0v) is 29.1. The first-order chi connectivity index (χ1) is 24.2. The smallest absolute Gasteiger partial charge is 0.240 e. The first kappa shape index (κ1) is 35.6. The van der Waals surface area contributed by atoms with Gasteiger partial charge < -0.3 is 19.7 Å². The Hall–Kier alpha value is -4.19. The third-order valence-electron chi connectivity index (χ3n) is 9.36. The Morgan fingerprint density at radius 3 is 2.12 bits per heavy atom. The molecule has 0 bridgehead atoms. The van der Waals surface area contributed by atoms with Gasteiger partial charge in [0, 0.05) is 31.1 Å². The molecule has 1 aliphatic rings. The van der Waals surface area contributed by atoms with Crippen LogP contribution in [0.25, 0.3) is 11.1 Å². The van der Waals surface area contributed by atoms with Gasteiger partial charge in [-0.15, -0.1) is 0 Å². The summed E-state index contributed by atoms with van der Waals surface area (Å²) in [6, 6.07) is 41.6. The van der Waals surface area contributed by atoms with Gasteiger partial charge in [-0.25, -0.2) is 13.1 Å². The van der Waals surface area contributed by atoms with Gasteiger partial charge in [0.2, 0.25) is 10.0 Å². The van der Waals surface area contributed by atoms with Crippen molar-refractivity contribution < 1.29 is 28.1 Å². The average Bonchev–Trinajstić information content (AvgIpc) is 3.17. The molecule has 6 rings (SSSR count). The molecule has 1 saturated heterocycles. The maximum absolute atomic E-state index is 12.7. The van der Waals surface area contributed by atoms with E-state index in [1.807, 2.05) is 117 Å². The van der Waals surface area contributed by atoms with E-state index in [2.05, 4.69) is 9.62 Å². The number of rotatable bonds is 13. The van der Waals surface area contributed by atoms with Crippen molar-refractivity contribution in [2.75, 3.05) is 13.6 Å². The molecule has 0 aromatic heterocycles. The molecule has 0 unspecified atom stereocenters. The average molecular weight is 693 g/mol. The number of ether oxygens (including phenoxy) is 2. The second-order valence-corrected chi connectivity index (χ2v) is 14.6. The molecule has 0 aliphatic carbocycles. The first-order valence-electron chi connectivity index (χ1n) is 16.9. The summed E-state index contributed by atoms with van der Waals surface area (Å²) in [5, 5.41) is 20.7. The Bertz CT molecular complexity index is 1920. The lowest BCUT2D eigenvalue weighted by atomic mass is 9.98.